The van der Waals surface area contributed by atoms with Gasteiger partial charge in [-0.15, -0.1) is 0 Å². The number of aliphatic hydroxyl groups is 1. The Hall–Kier alpha value is -0.300. The van der Waals surface area contributed by atoms with Crippen LogP contribution in [0.4, 0.5) is 0 Å². The first-order valence-corrected chi connectivity index (χ1v) is 9.82. The van der Waals surface area contributed by atoms with Crippen LogP contribution in [0.2, 0.25) is 0 Å². The van der Waals surface area contributed by atoms with Crippen molar-refractivity contribution in [1.29, 1.82) is 0 Å². The van der Waals surface area contributed by atoms with Crippen LogP contribution in [0.5, 0.6) is 0 Å². The van der Waals surface area contributed by atoms with Gasteiger partial charge in [0.25, 0.3) is 0 Å². The van der Waals surface area contributed by atoms with Gasteiger partial charge < -0.3 is 5.11 Å². The van der Waals surface area contributed by atoms with Gasteiger partial charge in [-0.05, 0) is 92.3 Å². The van der Waals surface area contributed by atoms with E-state index in [1.807, 2.05) is 0 Å². The van der Waals surface area contributed by atoms with Crippen molar-refractivity contribution < 1.29 is 5.11 Å². The summed E-state index contributed by atoms with van der Waals surface area (Å²) in [5.41, 5.74) is 0.357. The normalized spacial score (nSPS) is 57.1. The zero-order valence-electron chi connectivity index (χ0n) is 14.8. The monoisotopic (exact) mass is 302 g/mol. The molecule has 0 radical (unpaired) electrons. The van der Waals surface area contributed by atoms with E-state index in [9.17, 15) is 5.11 Å². The summed E-state index contributed by atoms with van der Waals surface area (Å²) in [5, 5.41) is 11.2. The van der Waals surface area contributed by atoms with Crippen LogP contribution in [0.3, 0.4) is 0 Å². The highest BCUT2D eigenvalue weighted by molar-refractivity contribution is 5.15. The summed E-state index contributed by atoms with van der Waals surface area (Å²) in [6.45, 7) is 7.23. The molecule has 1 heteroatoms. The largest absolute Gasteiger partial charge is 0.389 e. The number of hydrogen-bond acceptors (Lipinski definition) is 1. The summed E-state index contributed by atoms with van der Waals surface area (Å²) in [5.74, 6) is 3.50. The van der Waals surface area contributed by atoms with E-state index in [2.05, 4.69) is 32.9 Å². The highest BCUT2D eigenvalue weighted by Crippen LogP contribution is 2.68. The fourth-order valence-electron chi connectivity index (χ4n) is 7.53. The van der Waals surface area contributed by atoms with Crippen molar-refractivity contribution in [2.75, 3.05) is 0 Å². The number of rotatable bonds is 1. The lowest BCUT2D eigenvalue weighted by Gasteiger charge is -2.60. The third-order valence-electron chi connectivity index (χ3n) is 9.12. The molecular weight excluding hydrogens is 268 g/mol. The highest BCUT2D eigenvalue weighted by atomic mass is 16.3. The van der Waals surface area contributed by atoms with Crippen molar-refractivity contribution in [2.24, 2.45) is 34.5 Å². The molecule has 0 spiro atoms. The zero-order chi connectivity index (χ0) is 15.6. The van der Waals surface area contributed by atoms with Gasteiger partial charge in [0.1, 0.15) is 0 Å². The summed E-state index contributed by atoms with van der Waals surface area (Å²) in [4.78, 5) is 0. The molecule has 0 amide bonds. The SMILES string of the molecule is CCC1(O)CCC2C3CCC4CC=CCC4(C)C3CCC21C. The lowest BCUT2D eigenvalue weighted by molar-refractivity contribution is -0.145. The average Bonchev–Trinajstić information content (AvgIpc) is 2.79. The number of allylic oxidation sites excluding steroid dienone is 2. The summed E-state index contributed by atoms with van der Waals surface area (Å²) in [7, 11) is 0. The molecule has 0 heterocycles. The molecule has 0 aromatic carbocycles. The van der Waals surface area contributed by atoms with Gasteiger partial charge >= 0.3 is 0 Å². The van der Waals surface area contributed by atoms with Crippen molar-refractivity contribution in [3.05, 3.63) is 12.2 Å². The van der Waals surface area contributed by atoms with Crippen LogP contribution < -0.4 is 0 Å². The van der Waals surface area contributed by atoms with Gasteiger partial charge in [0.15, 0.2) is 0 Å². The van der Waals surface area contributed by atoms with Crippen molar-refractivity contribution in [3.8, 4) is 0 Å². The Morgan fingerprint density at radius 1 is 1.00 bits per heavy atom. The van der Waals surface area contributed by atoms with Crippen molar-refractivity contribution in [2.45, 2.75) is 84.2 Å². The molecule has 22 heavy (non-hydrogen) atoms. The molecule has 4 rings (SSSR count). The maximum absolute atomic E-state index is 11.2. The van der Waals surface area contributed by atoms with Crippen LogP contribution in [0.15, 0.2) is 12.2 Å². The minimum Gasteiger partial charge on any atom is -0.389 e. The molecule has 0 aromatic rings. The topological polar surface area (TPSA) is 20.2 Å². The van der Waals surface area contributed by atoms with Crippen LogP contribution in [-0.2, 0) is 0 Å². The second kappa shape index (κ2) is 4.85. The van der Waals surface area contributed by atoms with E-state index in [1.54, 1.807) is 0 Å². The lowest BCUT2D eigenvalue weighted by atomic mass is 9.45. The second-order valence-electron chi connectivity index (χ2n) is 9.45. The van der Waals surface area contributed by atoms with Gasteiger partial charge in [0.05, 0.1) is 5.60 Å². The fourth-order valence-corrected chi connectivity index (χ4v) is 7.53. The van der Waals surface area contributed by atoms with E-state index in [0.29, 0.717) is 5.41 Å². The molecular formula is C21H34O. The third kappa shape index (κ3) is 1.75. The Bertz CT molecular complexity index is 482. The molecule has 4 aliphatic carbocycles. The first-order chi connectivity index (χ1) is 10.4. The molecule has 1 nitrogen and oxygen atoms in total. The maximum atomic E-state index is 11.2. The molecule has 1 N–H and O–H groups in total. The standard InChI is InChI=1S/C21H34O/c1-4-21(22)14-11-18-16-9-8-15-7-5-6-12-19(15,2)17(16)10-13-20(18,21)3/h5-6,15-18,22H,4,7-14H2,1-3H3. The molecule has 3 fully saturated rings. The van der Waals surface area contributed by atoms with Crippen LogP contribution in [0, 0.1) is 34.5 Å². The zero-order valence-corrected chi connectivity index (χ0v) is 14.8. The predicted octanol–water partition coefficient (Wildman–Crippen LogP) is 5.34. The Morgan fingerprint density at radius 2 is 1.77 bits per heavy atom. The molecule has 0 aromatic heterocycles. The molecule has 0 aliphatic heterocycles. The van der Waals surface area contributed by atoms with E-state index in [1.165, 1.54) is 44.9 Å². The van der Waals surface area contributed by atoms with Crippen LogP contribution in [-0.4, -0.2) is 10.7 Å². The van der Waals surface area contributed by atoms with Crippen LogP contribution in [0.1, 0.15) is 78.6 Å². The molecule has 7 atom stereocenters. The molecule has 4 aliphatic rings. The molecule has 0 bridgehead atoms. The van der Waals surface area contributed by atoms with E-state index in [0.717, 1.165) is 36.5 Å². The first-order valence-electron chi connectivity index (χ1n) is 9.82. The third-order valence-corrected chi connectivity index (χ3v) is 9.12. The Kier molecular flexibility index (Phi) is 3.36. The lowest BCUT2D eigenvalue weighted by Crippen LogP contribution is -2.55. The summed E-state index contributed by atoms with van der Waals surface area (Å²) in [6.07, 6.45) is 16.3. The Balaban J connectivity index is 1.67. The number of hydrogen-bond donors (Lipinski definition) is 1. The fraction of sp³-hybridized carbons (Fsp3) is 0.905. The molecule has 124 valence electrons. The summed E-state index contributed by atoms with van der Waals surface area (Å²) >= 11 is 0. The summed E-state index contributed by atoms with van der Waals surface area (Å²) < 4.78 is 0. The van der Waals surface area contributed by atoms with Crippen molar-refractivity contribution in [1.82, 2.24) is 0 Å². The maximum Gasteiger partial charge on any atom is 0.0701 e. The molecule has 3 saturated carbocycles. The summed E-state index contributed by atoms with van der Waals surface area (Å²) in [6, 6.07) is 0. The predicted molar refractivity (Wildman–Crippen MR) is 91.5 cm³/mol. The van der Waals surface area contributed by atoms with Gasteiger partial charge in [-0.25, -0.2) is 0 Å². The minimum atomic E-state index is -0.382. The average molecular weight is 303 g/mol. The van der Waals surface area contributed by atoms with Gasteiger partial charge in [-0.1, -0.05) is 32.9 Å². The molecule has 7 unspecified atom stereocenters. The van der Waals surface area contributed by atoms with Gasteiger partial charge in [0.2, 0.25) is 0 Å². The smallest absolute Gasteiger partial charge is 0.0701 e. The second-order valence-corrected chi connectivity index (χ2v) is 9.45. The first kappa shape index (κ1) is 15.2. The van der Waals surface area contributed by atoms with Crippen LogP contribution >= 0.6 is 0 Å². The van der Waals surface area contributed by atoms with E-state index in [4.69, 9.17) is 0 Å². The number of fused-ring (bicyclic) bond motifs is 5. The van der Waals surface area contributed by atoms with Crippen molar-refractivity contribution >= 4 is 0 Å². The van der Waals surface area contributed by atoms with Gasteiger partial charge in [-0.3, -0.25) is 0 Å². The quantitative estimate of drug-likeness (QED) is 0.648. The molecule has 0 saturated heterocycles. The Labute approximate surface area is 136 Å². The van der Waals surface area contributed by atoms with Gasteiger partial charge in [0, 0.05) is 0 Å². The van der Waals surface area contributed by atoms with Crippen molar-refractivity contribution in [3.63, 3.8) is 0 Å². The van der Waals surface area contributed by atoms with E-state index in [-0.39, 0.29) is 11.0 Å². The van der Waals surface area contributed by atoms with Crippen LogP contribution in [0.25, 0.3) is 0 Å². The van der Waals surface area contributed by atoms with E-state index >= 15 is 0 Å². The minimum absolute atomic E-state index is 0.191. The van der Waals surface area contributed by atoms with E-state index < -0.39 is 0 Å². The highest BCUT2D eigenvalue weighted by Gasteiger charge is 2.63. The Morgan fingerprint density at radius 3 is 2.55 bits per heavy atom. The van der Waals surface area contributed by atoms with Gasteiger partial charge in [-0.2, -0.15) is 0 Å².